The zero-order chi connectivity index (χ0) is 27.7. The summed E-state index contributed by atoms with van der Waals surface area (Å²) in [6.07, 6.45) is 2.67. The quantitative estimate of drug-likeness (QED) is 0.410. The summed E-state index contributed by atoms with van der Waals surface area (Å²) in [7, 11) is 1.60. The number of hydrogen-bond acceptors (Lipinski definition) is 8. The Morgan fingerprint density at radius 2 is 2.03 bits per heavy atom. The Kier molecular flexibility index (Phi) is 7.53. The fraction of sp³-hybridized carbons (Fsp3) is 0.500. The molecule has 4 rings (SSSR count). The van der Waals surface area contributed by atoms with E-state index >= 15 is 0 Å². The van der Waals surface area contributed by atoms with E-state index < -0.39 is 41.3 Å². The molecule has 38 heavy (non-hydrogen) atoms. The summed E-state index contributed by atoms with van der Waals surface area (Å²) >= 11 is 0. The summed E-state index contributed by atoms with van der Waals surface area (Å²) in [4.78, 5) is 45.1. The van der Waals surface area contributed by atoms with E-state index in [2.05, 4.69) is 16.9 Å². The van der Waals surface area contributed by atoms with Crippen molar-refractivity contribution in [2.75, 3.05) is 20.3 Å². The maximum atomic E-state index is 13.5. The molecule has 1 aliphatic carbocycles. The highest BCUT2D eigenvalue weighted by atomic mass is 16.6. The number of nitrogens with zero attached hydrogens (tertiary/aromatic N) is 2. The number of nitrogens with one attached hydrogen (secondary N) is 1. The van der Waals surface area contributed by atoms with E-state index in [1.54, 1.807) is 47.1 Å². The van der Waals surface area contributed by atoms with E-state index in [1.807, 2.05) is 24.3 Å². The molecule has 10 heteroatoms. The first-order valence-electron chi connectivity index (χ1n) is 12.7. The zero-order valence-electron chi connectivity index (χ0n) is 22.5. The van der Waals surface area contributed by atoms with Crippen LogP contribution in [-0.4, -0.2) is 71.4 Å². The number of benzene rings is 1. The van der Waals surface area contributed by atoms with E-state index in [4.69, 9.17) is 18.9 Å². The lowest BCUT2D eigenvalue weighted by Gasteiger charge is -2.28. The van der Waals surface area contributed by atoms with Gasteiger partial charge in [0.25, 0.3) is 0 Å². The lowest BCUT2D eigenvalue weighted by molar-refractivity contribution is -0.149. The molecule has 1 aliphatic heterocycles. The van der Waals surface area contributed by atoms with Crippen LogP contribution in [0.5, 0.6) is 11.6 Å². The number of carbonyl (C=O) groups excluding carboxylic acids is 3. The lowest BCUT2D eigenvalue weighted by Crippen LogP contribution is -2.53. The van der Waals surface area contributed by atoms with Crippen LogP contribution in [0.2, 0.25) is 0 Å². The highest BCUT2D eigenvalue weighted by Gasteiger charge is 2.62. The van der Waals surface area contributed by atoms with Crippen molar-refractivity contribution in [2.24, 2.45) is 5.92 Å². The van der Waals surface area contributed by atoms with E-state index in [0.717, 1.165) is 10.8 Å². The van der Waals surface area contributed by atoms with Crippen LogP contribution in [-0.2, 0) is 19.1 Å². The number of carbonyl (C=O) groups is 3. The Labute approximate surface area is 222 Å². The SMILES string of the molecule is C=C[C@@H]1C[C@]1(NC(=O)[C@@H]1C[C@@H](Oc2nccc3cc(OC)ccc23)CN1C(=O)OC(C)(C)C)C(=O)OCC. The van der Waals surface area contributed by atoms with Gasteiger partial charge in [-0.25, -0.2) is 14.6 Å². The highest BCUT2D eigenvalue weighted by molar-refractivity contribution is 5.95. The van der Waals surface area contributed by atoms with Gasteiger partial charge in [0.15, 0.2) is 0 Å². The molecule has 2 fully saturated rings. The number of aromatic nitrogens is 1. The maximum absolute atomic E-state index is 13.5. The predicted molar refractivity (Wildman–Crippen MR) is 140 cm³/mol. The number of methoxy groups -OCH3 is 1. The van der Waals surface area contributed by atoms with Gasteiger partial charge < -0.3 is 24.3 Å². The van der Waals surface area contributed by atoms with Gasteiger partial charge in [-0.1, -0.05) is 6.08 Å². The largest absolute Gasteiger partial charge is 0.497 e. The van der Waals surface area contributed by atoms with Crippen molar-refractivity contribution >= 4 is 28.7 Å². The molecule has 4 atom stereocenters. The molecule has 204 valence electrons. The van der Waals surface area contributed by atoms with E-state index in [9.17, 15) is 14.4 Å². The Hall–Kier alpha value is -3.82. The van der Waals surface area contributed by atoms with Crippen LogP contribution in [0, 0.1) is 5.92 Å². The molecule has 1 saturated heterocycles. The number of pyridine rings is 1. The minimum absolute atomic E-state index is 0.110. The van der Waals surface area contributed by atoms with Crippen molar-refractivity contribution in [3.8, 4) is 11.6 Å². The number of amides is 2. The van der Waals surface area contributed by atoms with Gasteiger partial charge in [-0.15, -0.1) is 6.58 Å². The number of rotatable bonds is 8. The van der Waals surface area contributed by atoms with Crippen molar-refractivity contribution in [1.82, 2.24) is 15.2 Å². The van der Waals surface area contributed by atoms with Crippen LogP contribution in [0.4, 0.5) is 4.79 Å². The second-order valence-corrected chi connectivity index (χ2v) is 10.6. The van der Waals surface area contributed by atoms with E-state index in [-0.39, 0.29) is 25.5 Å². The summed E-state index contributed by atoms with van der Waals surface area (Å²) in [6, 6.07) is 6.48. The molecule has 1 aromatic carbocycles. The van der Waals surface area contributed by atoms with Crippen molar-refractivity contribution in [1.29, 1.82) is 0 Å². The average molecular weight is 526 g/mol. The molecule has 0 spiro atoms. The first-order valence-corrected chi connectivity index (χ1v) is 12.7. The maximum Gasteiger partial charge on any atom is 0.411 e. The summed E-state index contributed by atoms with van der Waals surface area (Å²) in [5, 5.41) is 4.51. The molecule has 2 aromatic rings. The molecule has 1 aromatic heterocycles. The minimum Gasteiger partial charge on any atom is -0.497 e. The van der Waals surface area contributed by atoms with Crippen molar-refractivity contribution in [3.05, 3.63) is 43.1 Å². The molecule has 2 aliphatic rings. The van der Waals surface area contributed by atoms with Crippen LogP contribution in [0.15, 0.2) is 43.1 Å². The fourth-order valence-corrected chi connectivity index (χ4v) is 4.73. The second-order valence-electron chi connectivity index (χ2n) is 10.6. The van der Waals surface area contributed by atoms with Crippen LogP contribution in [0.3, 0.4) is 0 Å². The van der Waals surface area contributed by atoms with Gasteiger partial charge in [0.2, 0.25) is 11.8 Å². The molecular weight excluding hydrogens is 490 g/mol. The van der Waals surface area contributed by atoms with E-state index in [1.165, 1.54) is 4.90 Å². The number of fused-ring (bicyclic) bond motifs is 1. The molecule has 1 saturated carbocycles. The van der Waals surface area contributed by atoms with Crippen molar-refractivity contribution in [3.63, 3.8) is 0 Å². The van der Waals surface area contributed by atoms with Gasteiger partial charge in [-0.2, -0.15) is 0 Å². The Balaban J connectivity index is 1.57. The van der Waals surface area contributed by atoms with Crippen LogP contribution in [0.25, 0.3) is 10.8 Å². The first-order chi connectivity index (χ1) is 18.0. The van der Waals surface area contributed by atoms with Gasteiger partial charge in [0.05, 0.1) is 20.3 Å². The summed E-state index contributed by atoms with van der Waals surface area (Å²) in [5.41, 5.74) is -1.94. The van der Waals surface area contributed by atoms with Gasteiger partial charge in [-0.05, 0) is 63.8 Å². The van der Waals surface area contributed by atoms with Gasteiger partial charge >= 0.3 is 12.1 Å². The number of hydrogen-bond donors (Lipinski definition) is 1. The second kappa shape index (κ2) is 10.5. The predicted octanol–water partition coefficient (Wildman–Crippen LogP) is 3.62. The molecule has 2 amide bonds. The van der Waals surface area contributed by atoms with Crippen LogP contribution in [0.1, 0.15) is 40.5 Å². The van der Waals surface area contributed by atoms with Gasteiger partial charge in [0.1, 0.15) is 29.0 Å². The third kappa shape index (κ3) is 5.54. The molecule has 2 heterocycles. The number of likely N-dealkylation sites (tertiary alicyclic amines) is 1. The number of esters is 1. The summed E-state index contributed by atoms with van der Waals surface area (Å²) in [6.45, 7) is 11.0. The molecule has 10 nitrogen and oxygen atoms in total. The normalized spacial score (nSPS) is 24.4. The van der Waals surface area contributed by atoms with Gasteiger partial charge in [-0.3, -0.25) is 9.69 Å². The first kappa shape index (κ1) is 27.2. The standard InChI is InChI=1S/C28H35N3O7/c1-7-18-15-28(18,25(33)36-8-2)30-23(32)22-14-20(16-31(22)26(34)38-27(3,4)5)37-24-21-10-9-19(35-6)13-17(21)11-12-29-24/h7,9-13,18,20,22H,1,8,14-16H2,2-6H3,(H,30,32)/t18-,20-,22+,28-/m1/s1. The van der Waals surface area contributed by atoms with Crippen molar-refractivity contribution < 1.29 is 33.3 Å². The molecular formula is C28H35N3O7. The molecule has 0 radical (unpaired) electrons. The highest BCUT2D eigenvalue weighted by Crippen LogP contribution is 2.45. The monoisotopic (exact) mass is 525 g/mol. The molecule has 0 bridgehead atoms. The Morgan fingerprint density at radius 3 is 2.66 bits per heavy atom. The average Bonchev–Trinajstić information content (AvgIpc) is 3.42. The number of ether oxygens (including phenoxy) is 4. The Bertz CT molecular complexity index is 1240. The third-order valence-electron chi connectivity index (χ3n) is 6.69. The third-order valence-corrected chi connectivity index (χ3v) is 6.69. The van der Waals surface area contributed by atoms with E-state index in [0.29, 0.717) is 18.1 Å². The topological polar surface area (TPSA) is 116 Å². The summed E-state index contributed by atoms with van der Waals surface area (Å²) in [5.74, 6) is -0.141. The Morgan fingerprint density at radius 1 is 1.26 bits per heavy atom. The van der Waals surface area contributed by atoms with Gasteiger partial charge in [0, 0.05) is 23.9 Å². The summed E-state index contributed by atoms with van der Waals surface area (Å²) < 4.78 is 22.3. The van der Waals surface area contributed by atoms with Crippen molar-refractivity contribution in [2.45, 2.75) is 63.8 Å². The lowest BCUT2D eigenvalue weighted by atomic mass is 10.1. The minimum atomic E-state index is -1.18. The molecule has 1 N–H and O–H groups in total. The van der Waals surface area contributed by atoms with Crippen LogP contribution < -0.4 is 14.8 Å². The van der Waals surface area contributed by atoms with Crippen LogP contribution >= 0.6 is 0 Å². The molecule has 0 unspecified atom stereocenters. The fourth-order valence-electron chi connectivity index (χ4n) is 4.73. The zero-order valence-corrected chi connectivity index (χ0v) is 22.5. The smallest absolute Gasteiger partial charge is 0.411 e.